The summed E-state index contributed by atoms with van der Waals surface area (Å²) in [4.78, 5) is 24.7. The minimum Gasteiger partial charge on any atom is -0.490 e. The Morgan fingerprint density at radius 3 is 2.47 bits per heavy atom. The Morgan fingerprint density at radius 1 is 1.03 bits per heavy atom. The van der Waals surface area contributed by atoms with Crippen molar-refractivity contribution < 1.29 is 23.8 Å². The number of rotatable bonds is 10. The lowest BCUT2D eigenvalue weighted by Gasteiger charge is -2.15. The molecule has 0 saturated carbocycles. The fourth-order valence-electron chi connectivity index (χ4n) is 2.87. The molecular weight excluding hydrogens is 382 g/mol. The standard InChI is InChI=1S/C24H31NO5/c1-6-18-10-8-9-17(5)23(18)25-22(26)15-30-24(27)19-11-12-20(29-14-16(3)4)21(13-19)28-7-2/h8-13,16H,6-7,14-15H2,1-5H3,(H,25,26). The molecule has 1 N–H and O–H groups in total. The quantitative estimate of drug-likeness (QED) is 0.567. The SMILES string of the molecule is CCOc1cc(C(=O)OCC(=O)Nc2c(C)cccc2CC)ccc1OCC(C)C. The normalized spacial score (nSPS) is 10.6. The van der Waals surface area contributed by atoms with Gasteiger partial charge in [0.05, 0.1) is 18.8 Å². The van der Waals surface area contributed by atoms with E-state index in [0.717, 1.165) is 23.2 Å². The van der Waals surface area contributed by atoms with Crippen LogP contribution in [0.15, 0.2) is 36.4 Å². The average Bonchev–Trinajstić information content (AvgIpc) is 2.72. The van der Waals surface area contributed by atoms with E-state index in [4.69, 9.17) is 14.2 Å². The summed E-state index contributed by atoms with van der Waals surface area (Å²) in [7, 11) is 0. The Bertz CT molecular complexity index is 876. The smallest absolute Gasteiger partial charge is 0.338 e. The van der Waals surface area contributed by atoms with Crippen molar-refractivity contribution in [1.82, 2.24) is 0 Å². The summed E-state index contributed by atoms with van der Waals surface area (Å²) in [6.45, 7) is 10.5. The molecule has 0 radical (unpaired) electrons. The van der Waals surface area contributed by atoms with Crippen LogP contribution < -0.4 is 14.8 Å². The first-order valence-corrected chi connectivity index (χ1v) is 10.3. The predicted octanol–water partition coefficient (Wildman–Crippen LogP) is 4.79. The van der Waals surface area contributed by atoms with Gasteiger partial charge in [-0.2, -0.15) is 0 Å². The monoisotopic (exact) mass is 413 g/mol. The van der Waals surface area contributed by atoms with E-state index in [1.54, 1.807) is 18.2 Å². The van der Waals surface area contributed by atoms with Gasteiger partial charge in [0.15, 0.2) is 18.1 Å². The third-order valence-electron chi connectivity index (χ3n) is 4.39. The highest BCUT2D eigenvalue weighted by Gasteiger charge is 2.16. The van der Waals surface area contributed by atoms with Crippen molar-refractivity contribution in [3.8, 4) is 11.5 Å². The highest BCUT2D eigenvalue weighted by Crippen LogP contribution is 2.29. The number of anilines is 1. The first-order chi connectivity index (χ1) is 14.3. The summed E-state index contributed by atoms with van der Waals surface area (Å²) in [6, 6.07) is 10.7. The van der Waals surface area contributed by atoms with Crippen LogP contribution in [0.1, 0.15) is 49.2 Å². The number of benzene rings is 2. The Labute approximate surface area is 178 Å². The van der Waals surface area contributed by atoms with Crippen LogP contribution in [0.25, 0.3) is 0 Å². The zero-order valence-corrected chi connectivity index (χ0v) is 18.4. The van der Waals surface area contributed by atoms with Gasteiger partial charge in [0.25, 0.3) is 5.91 Å². The van der Waals surface area contributed by atoms with E-state index in [2.05, 4.69) is 19.2 Å². The van der Waals surface area contributed by atoms with E-state index in [1.807, 2.05) is 39.0 Å². The Morgan fingerprint density at radius 2 is 1.80 bits per heavy atom. The van der Waals surface area contributed by atoms with Crippen molar-refractivity contribution in [1.29, 1.82) is 0 Å². The van der Waals surface area contributed by atoms with Gasteiger partial charge < -0.3 is 19.5 Å². The van der Waals surface area contributed by atoms with E-state index >= 15 is 0 Å². The van der Waals surface area contributed by atoms with Crippen LogP contribution in [-0.4, -0.2) is 31.7 Å². The number of carbonyl (C=O) groups is 2. The first kappa shape index (κ1) is 23.3. The lowest BCUT2D eigenvalue weighted by Crippen LogP contribution is -2.22. The topological polar surface area (TPSA) is 73.9 Å². The number of carbonyl (C=O) groups excluding carboxylic acids is 2. The van der Waals surface area contributed by atoms with Gasteiger partial charge in [-0.15, -0.1) is 0 Å². The molecule has 30 heavy (non-hydrogen) atoms. The molecule has 2 aromatic rings. The minimum atomic E-state index is -0.595. The van der Waals surface area contributed by atoms with Crippen molar-refractivity contribution >= 4 is 17.6 Å². The lowest BCUT2D eigenvalue weighted by atomic mass is 10.1. The summed E-state index contributed by atoms with van der Waals surface area (Å²) >= 11 is 0. The highest BCUT2D eigenvalue weighted by molar-refractivity contribution is 5.96. The van der Waals surface area contributed by atoms with E-state index < -0.39 is 5.97 Å². The summed E-state index contributed by atoms with van der Waals surface area (Å²) in [5.74, 6) is 0.441. The molecule has 0 heterocycles. The highest BCUT2D eigenvalue weighted by atomic mass is 16.5. The fourth-order valence-corrected chi connectivity index (χ4v) is 2.87. The number of hydrogen-bond acceptors (Lipinski definition) is 5. The van der Waals surface area contributed by atoms with Crippen molar-refractivity contribution in [2.75, 3.05) is 25.1 Å². The van der Waals surface area contributed by atoms with E-state index in [9.17, 15) is 9.59 Å². The van der Waals surface area contributed by atoms with Crippen molar-refractivity contribution in [2.45, 2.75) is 41.0 Å². The molecule has 0 spiro atoms. The molecule has 0 atom stereocenters. The minimum absolute atomic E-state index is 0.299. The van der Waals surface area contributed by atoms with Crippen LogP contribution in [-0.2, 0) is 16.0 Å². The molecule has 0 fully saturated rings. The molecule has 2 rings (SSSR count). The van der Waals surface area contributed by atoms with Gasteiger partial charge in [0, 0.05) is 5.69 Å². The third kappa shape index (κ3) is 6.51. The molecule has 6 nitrogen and oxygen atoms in total. The van der Waals surface area contributed by atoms with Crippen LogP contribution in [0, 0.1) is 12.8 Å². The van der Waals surface area contributed by atoms with Crippen LogP contribution in [0.5, 0.6) is 11.5 Å². The Hall–Kier alpha value is -3.02. The first-order valence-electron chi connectivity index (χ1n) is 10.3. The van der Waals surface area contributed by atoms with Gasteiger partial charge >= 0.3 is 5.97 Å². The Kier molecular flexibility index (Phi) is 8.71. The molecule has 0 aromatic heterocycles. The van der Waals surface area contributed by atoms with Crippen LogP contribution >= 0.6 is 0 Å². The number of hydrogen-bond donors (Lipinski definition) is 1. The van der Waals surface area contributed by atoms with Crippen molar-refractivity contribution in [3.63, 3.8) is 0 Å². The predicted molar refractivity (Wildman–Crippen MR) is 117 cm³/mol. The molecule has 0 aliphatic rings. The molecule has 1 amide bonds. The maximum atomic E-state index is 12.4. The largest absolute Gasteiger partial charge is 0.490 e. The maximum Gasteiger partial charge on any atom is 0.338 e. The molecule has 0 bridgehead atoms. The fraction of sp³-hybridized carbons (Fsp3) is 0.417. The summed E-state index contributed by atoms with van der Waals surface area (Å²) in [5.41, 5.74) is 3.07. The summed E-state index contributed by atoms with van der Waals surface area (Å²) < 4.78 is 16.5. The van der Waals surface area contributed by atoms with Gasteiger partial charge in [-0.3, -0.25) is 4.79 Å². The number of amides is 1. The van der Waals surface area contributed by atoms with Crippen LogP contribution in [0.3, 0.4) is 0 Å². The molecule has 0 unspecified atom stereocenters. The van der Waals surface area contributed by atoms with E-state index in [0.29, 0.717) is 36.2 Å². The molecule has 0 aliphatic carbocycles. The molecule has 6 heteroatoms. The molecule has 0 saturated heterocycles. The zero-order chi connectivity index (χ0) is 22.1. The second kappa shape index (κ2) is 11.2. The van der Waals surface area contributed by atoms with E-state index in [-0.39, 0.29) is 12.5 Å². The third-order valence-corrected chi connectivity index (χ3v) is 4.39. The lowest BCUT2D eigenvalue weighted by molar-refractivity contribution is -0.119. The van der Waals surface area contributed by atoms with Gasteiger partial charge in [0.1, 0.15) is 0 Å². The van der Waals surface area contributed by atoms with Gasteiger partial charge in [-0.25, -0.2) is 4.79 Å². The number of ether oxygens (including phenoxy) is 3. The molecule has 0 aliphatic heterocycles. The summed E-state index contributed by atoms with van der Waals surface area (Å²) in [6.07, 6.45) is 0.794. The van der Waals surface area contributed by atoms with E-state index in [1.165, 1.54) is 0 Å². The number of aryl methyl sites for hydroxylation is 2. The molecule has 2 aromatic carbocycles. The second-order valence-electron chi connectivity index (χ2n) is 7.39. The Balaban J connectivity index is 2.02. The number of esters is 1. The van der Waals surface area contributed by atoms with Crippen LogP contribution in [0.2, 0.25) is 0 Å². The van der Waals surface area contributed by atoms with Gasteiger partial charge in [-0.1, -0.05) is 39.0 Å². The second-order valence-corrected chi connectivity index (χ2v) is 7.39. The summed E-state index contributed by atoms with van der Waals surface area (Å²) in [5, 5.41) is 2.84. The zero-order valence-electron chi connectivity index (χ0n) is 18.4. The number of para-hydroxylation sites is 1. The van der Waals surface area contributed by atoms with Crippen molar-refractivity contribution in [3.05, 3.63) is 53.1 Å². The average molecular weight is 414 g/mol. The van der Waals surface area contributed by atoms with Crippen molar-refractivity contribution in [2.24, 2.45) is 5.92 Å². The molecule has 162 valence electrons. The maximum absolute atomic E-state index is 12.4. The number of nitrogens with one attached hydrogen (secondary N) is 1. The van der Waals surface area contributed by atoms with Crippen LogP contribution in [0.4, 0.5) is 5.69 Å². The van der Waals surface area contributed by atoms with Gasteiger partial charge in [0.2, 0.25) is 0 Å². The van der Waals surface area contributed by atoms with Gasteiger partial charge in [-0.05, 0) is 55.5 Å². The molecular formula is C24H31NO5.